The maximum atomic E-state index is 12.7. The van der Waals surface area contributed by atoms with Crippen LogP contribution in [-0.4, -0.2) is 67.0 Å². The van der Waals surface area contributed by atoms with Crippen molar-refractivity contribution < 1.29 is 9.59 Å². The molecule has 5 rings (SSSR count). The second kappa shape index (κ2) is 7.23. The van der Waals surface area contributed by atoms with Gasteiger partial charge in [0.25, 0.3) is 5.91 Å². The summed E-state index contributed by atoms with van der Waals surface area (Å²) in [6.45, 7) is 2.56. The Morgan fingerprint density at radius 2 is 2.04 bits per heavy atom. The van der Waals surface area contributed by atoms with E-state index in [1.54, 1.807) is 17.1 Å². The number of piperidine rings is 1. The van der Waals surface area contributed by atoms with Crippen molar-refractivity contribution in [3.8, 4) is 0 Å². The van der Waals surface area contributed by atoms with Crippen LogP contribution in [0.25, 0.3) is 0 Å². The number of fused-ring (bicyclic) bond motifs is 4. The van der Waals surface area contributed by atoms with Crippen LogP contribution in [0.15, 0.2) is 37.1 Å². The molecule has 2 aromatic heterocycles. The first-order valence-electron chi connectivity index (χ1n) is 9.03. The summed E-state index contributed by atoms with van der Waals surface area (Å²) in [4.78, 5) is 37.4. The fraction of sp³-hybridized carbons (Fsp3) is 0.500. The summed E-state index contributed by atoms with van der Waals surface area (Å²) in [5.74, 6) is 0.368. The molecule has 0 spiro atoms. The lowest BCUT2D eigenvalue weighted by Crippen LogP contribution is -2.48. The molecule has 5 heterocycles. The van der Waals surface area contributed by atoms with Crippen molar-refractivity contribution in [2.75, 3.05) is 19.6 Å². The Hall–Kier alpha value is -2.77. The quantitative estimate of drug-likeness (QED) is 0.812. The monoisotopic (exact) mass is 354 g/mol. The molecule has 3 fully saturated rings. The van der Waals surface area contributed by atoms with Crippen LogP contribution in [0.4, 0.5) is 0 Å². The SMILES string of the molecule is O=C(c1cnccn1)N1C[C@@H]2CC[C@H](C1)N(C(=O)CCn1cccn1)C2. The molecular formula is C18H22N6O2. The molecule has 8 heteroatoms. The van der Waals surface area contributed by atoms with E-state index in [0.717, 1.165) is 19.4 Å². The van der Waals surface area contributed by atoms with E-state index in [-0.39, 0.29) is 17.9 Å². The summed E-state index contributed by atoms with van der Waals surface area (Å²) in [6.07, 6.45) is 10.6. The Balaban J connectivity index is 1.43. The lowest BCUT2D eigenvalue weighted by Gasteiger charge is -2.36. The highest BCUT2D eigenvalue weighted by Gasteiger charge is 2.38. The minimum atomic E-state index is -0.0964. The zero-order chi connectivity index (χ0) is 17.9. The first-order valence-corrected chi connectivity index (χ1v) is 9.03. The third-order valence-electron chi connectivity index (χ3n) is 5.22. The van der Waals surface area contributed by atoms with Crippen molar-refractivity contribution in [2.45, 2.75) is 31.8 Å². The van der Waals surface area contributed by atoms with Gasteiger partial charge in [-0.05, 0) is 24.8 Å². The second-order valence-corrected chi connectivity index (χ2v) is 6.96. The number of aromatic nitrogens is 4. The van der Waals surface area contributed by atoms with E-state index in [4.69, 9.17) is 0 Å². The maximum absolute atomic E-state index is 12.7. The van der Waals surface area contributed by atoms with Crippen LogP contribution in [-0.2, 0) is 11.3 Å². The Kier molecular flexibility index (Phi) is 4.64. The summed E-state index contributed by atoms with van der Waals surface area (Å²) >= 11 is 0. The van der Waals surface area contributed by atoms with Gasteiger partial charge in [0.2, 0.25) is 5.91 Å². The van der Waals surface area contributed by atoms with Crippen LogP contribution < -0.4 is 0 Å². The van der Waals surface area contributed by atoms with E-state index in [9.17, 15) is 9.59 Å². The average Bonchev–Trinajstić information content (AvgIpc) is 3.04. The number of carbonyl (C=O) groups excluding carboxylic acids is 2. The molecule has 2 amide bonds. The van der Waals surface area contributed by atoms with Gasteiger partial charge in [0.05, 0.1) is 6.20 Å². The van der Waals surface area contributed by atoms with Gasteiger partial charge in [0, 0.05) is 63.4 Å². The topological polar surface area (TPSA) is 84.2 Å². The fourth-order valence-corrected chi connectivity index (χ4v) is 3.91. The van der Waals surface area contributed by atoms with Gasteiger partial charge in [-0.3, -0.25) is 19.3 Å². The van der Waals surface area contributed by atoms with Crippen molar-refractivity contribution >= 4 is 11.8 Å². The van der Waals surface area contributed by atoms with E-state index in [1.807, 2.05) is 22.1 Å². The molecule has 2 atom stereocenters. The molecule has 0 aliphatic carbocycles. The Labute approximate surface area is 151 Å². The highest BCUT2D eigenvalue weighted by Crippen LogP contribution is 2.29. The van der Waals surface area contributed by atoms with E-state index < -0.39 is 0 Å². The molecule has 136 valence electrons. The highest BCUT2D eigenvalue weighted by atomic mass is 16.2. The second-order valence-electron chi connectivity index (χ2n) is 6.96. The molecule has 0 radical (unpaired) electrons. The molecule has 3 aliphatic rings. The van der Waals surface area contributed by atoms with Crippen LogP contribution in [0.5, 0.6) is 0 Å². The average molecular weight is 354 g/mol. The molecule has 8 nitrogen and oxygen atoms in total. The zero-order valence-electron chi connectivity index (χ0n) is 14.6. The largest absolute Gasteiger partial charge is 0.338 e. The molecule has 0 N–H and O–H groups in total. The summed E-state index contributed by atoms with van der Waals surface area (Å²) in [5.41, 5.74) is 0.366. The van der Waals surface area contributed by atoms with Gasteiger partial charge in [0.15, 0.2) is 0 Å². The van der Waals surface area contributed by atoms with Gasteiger partial charge >= 0.3 is 0 Å². The van der Waals surface area contributed by atoms with Crippen LogP contribution in [0.3, 0.4) is 0 Å². The van der Waals surface area contributed by atoms with Crippen LogP contribution >= 0.6 is 0 Å². The number of nitrogens with zero attached hydrogens (tertiary/aromatic N) is 6. The van der Waals surface area contributed by atoms with Gasteiger partial charge in [-0.2, -0.15) is 5.10 Å². The highest BCUT2D eigenvalue weighted by molar-refractivity contribution is 5.92. The molecule has 26 heavy (non-hydrogen) atoms. The van der Waals surface area contributed by atoms with E-state index in [0.29, 0.717) is 37.7 Å². The molecule has 2 aromatic rings. The third-order valence-corrected chi connectivity index (χ3v) is 5.22. The molecule has 0 aromatic carbocycles. The first kappa shape index (κ1) is 16.7. The molecule has 0 unspecified atom stereocenters. The number of hydrogen-bond acceptors (Lipinski definition) is 5. The minimum absolute atomic E-state index is 0.0829. The lowest BCUT2D eigenvalue weighted by molar-refractivity contribution is -0.135. The maximum Gasteiger partial charge on any atom is 0.274 e. The molecule has 0 saturated carbocycles. The molecular weight excluding hydrogens is 332 g/mol. The van der Waals surface area contributed by atoms with Gasteiger partial charge in [-0.1, -0.05) is 0 Å². The number of carbonyl (C=O) groups is 2. The van der Waals surface area contributed by atoms with Gasteiger partial charge in [0.1, 0.15) is 5.69 Å². The van der Waals surface area contributed by atoms with Crippen molar-refractivity contribution in [1.29, 1.82) is 0 Å². The van der Waals surface area contributed by atoms with Crippen LogP contribution in [0, 0.1) is 5.92 Å². The van der Waals surface area contributed by atoms with Gasteiger partial charge in [-0.25, -0.2) is 4.98 Å². The molecule has 2 bridgehead atoms. The predicted octanol–water partition coefficient (Wildman–Crippen LogP) is 0.826. The first-order chi connectivity index (χ1) is 12.7. The number of aryl methyl sites for hydroxylation is 1. The van der Waals surface area contributed by atoms with E-state index in [2.05, 4.69) is 15.1 Å². The Morgan fingerprint density at radius 3 is 2.81 bits per heavy atom. The van der Waals surface area contributed by atoms with Crippen molar-refractivity contribution in [3.05, 3.63) is 42.7 Å². The summed E-state index contributed by atoms with van der Waals surface area (Å²) < 4.78 is 1.78. The summed E-state index contributed by atoms with van der Waals surface area (Å²) in [7, 11) is 0. The van der Waals surface area contributed by atoms with Crippen LogP contribution in [0.2, 0.25) is 0 Å². The predicted molar refractivity (Wildman–Crippen MR) is 93.0 cm³/mol. The number of amides is 2. The lowest BCUT2D eigenvalue weighted by atomic mass is 9.94. The van der Waals surface area contributed by atoms with Crippen molar-refractivity contribution in [1.82, 2.24) is 29.5 Å². The number of rotatable bonds is 4. The van der Waals surface area contributed by atoms with E-state index >= 15 is 0 Å². The van der Waals surface area contributed by atoms with Crippen LogP contribution in [0.1, 0.15) is 29.8 Å². The smallest absolute Gasteiger partial charge is 0.274 e. The molecule has 3 saturated heterocycles. The zero-order valence-corrected chi connectivity index (χ0v) is 14.6. The summed E-state index contributed by atoms with van der Waals surface area (Å²) in [6, 6.07) is 1.94. The van der Waals surface area contributed by atoms with Crippen molar-refractivity contribution in [2.24, 2.45) is 5.92 Å². The van der Waals surface area contributed by atoms with E-state index in [1.165, 1.54) is 12.4 Å². The van der Waals surface area contributed by atoms with Gasteiger partial charge < -0.3 is 9.80 Å². The normalized spacial score (nSPS) is 22.3. The standard InChI is InChI=1S/C18H22N6O2/c25-17(4-9-23-8-1-5-21-23)24-12-14-2-3-15(24)13-22(11-14)18(26)16-10-19-6-7-20-16/h1,5-8,10,14-15H,2-4,9,11-13H2/t14-,15+/m0/s1. The summed E-state index contributed by atoms with van der Waals surface area (Å²) in [5, 5.41) is 4.15. The van der Waals surface area contributed by atoms with Gasteiger partial charge in [-0.15, -0.1) is 0 Å². The molecule has 3 aliphatic heterocycles. The fourth-order valence-electron chi connectivity index (χ4n) is 3.91. The Morgan fingerprint density at radius 1 is 1.12 bits per heavy atom. The van der Waals surface area contributed by atoms with Crippen molar-refractivity contribution in [3.63, 3.8) is 0 Å². The minimum Gasteiger partial charge on any atom is -0.338 e. The Bertz CT molecular complexity index is 763. The number of hydrogen-bond donors (Lipinski definition) is 0. The third kappa shape index (κ3) is 3.44.